The third-order valence-corrected chi connectivity index (χ3v) is 5.53. The highest BCUT2D eigenvalue weighted by molar-refractivity contribution is 7.91. The quantitative estimate of drug-likeness (QED) is 0.743. The van der Waals surface area contributed by atoms with Crippen molar-refractivity contribution >= 4 is 31.9 Å². The number of sulfone groups is 1. The van der Waals surface area contributed by atoms with Gasteiger partial charge in [-0.2, -0.15) is 5.26 Å². The predicted molar refractivity (Wildman–Crippen MR) is 80.8 cm³/mol. The van der Waals surface area contributed by atoms with Crippen LogP contribution in [-0.4, -0.2) is 33.4 Å². The Balaban J connectivity index is 2.99. The molecule has 0 fully saturated rings. The van der Waals surface area contributed by atoms with E-state index in [0.717, 1.165) is 11.3 Å². The molecule has 0 aromatic carbocycles. The summed E-state index contributed by atoms with van der Waals surface area (Å²) in [5.41, 5.74) is 5.80. The van der Waals surface area contributed by atoms with E-state index >= 15 is 0 Å². The van der Waals surface area contributed by atoms with Crippen molar-refractivity contribution in [1.29, 1.82) is 5.26 Å². The molecule has 0 spiro atoms. The van der Waals surface area contributed by atoms with Crippen molar-refractivity contribution in [2.24, 2.45) is 0 Å². The SMILES string of the molecule is CCS(=O)(=O)c1c(NCCOC(C)C)sc(C#N)c1N. The normalized spacial score (nSPS) is 11.6. The molecule has 112 valence electrons. The predicted octanol–water partition coefficient (Wildman–Crippen LogP) is 1.83. The van der Waals surface area contributed by atoms with Gasteiger partial charge in [0.15, 0.2) is 9.84 Å². The largest absolute Gasteiger partial charge is 0.396 e. The molecule has 8 heteroatoms. The molecule has 0 saturated carbocycles. The topological polar surface area (TPSA) is 105 Å². The lowest BCUT2D eigenvalue weighted by atomic mass is 10.4. The van der Waals surface area contributed by atoms with Crippen LogP contribution in [0.25, 0.3) is 0 Å². The molecule has 0 saturated heterocycles. The number of nitrogen functional groups attached to an aromatic ring is 1. The van der Waals surface area contributed by atoms with Gasteiger partial charge in [0, 0.05) is 6.54 Å². The second-order valence-corrected chi connectivity index (χ2v) is 7.60. The van der Waals surface area contributed by atoms with Crippen molar-refractivity contribution in [2.75, 3.05) is 30.0 Å². The first-order chi connectivity index (χ1) is 9.33. The number of ether oxygens (including phenoxy) is 1. The van der Waals surface area contributed by atoms with Crippen LogP contribution < -0.4 is 11.1 Å². The fourth-order valence-corrected chi connectivity index (χ4v) is 4.03. The van der Waals surface area contributed by atoms with Gasteiger partial charge in [0.05, 0.1) is 24.2 Å². The molecule has 1 aromatic rings. The van der Waals surface area contributed by atoms with Gasteiger partial charge >= 0.3 is 0 Å². The van der Waals surface area contributed by atoms with Crippen molar-refractivity contribution < 1.29 is 13.2 Å². The van der Waals surface area contributed by atoms with E-state index in [4.69, 9.17) is 15.7 Å². The molecule has 0 unspecified atom stereocenters. The highest BCUT2D eigenvalue weighted by atomic mass is 32.2. The summed E-state index contributed by atoms with van der Waals surface area (Å²) < 4.78 is 29.5. The van der Waals surface area contributed by atoms with E-state index in [9.17, 15) is 8.42 Å². The van der Waals surface area contributed by atoms with E-state index in [1.807, 2.05) is 19.9 Å². The molecule has 6 nitrogen and oxygen atoms in total. The second kappa shape index (κ2) is 6.92. The highest BCUT2D eigenvalue weighted by Gasteiger charge is 2.25. The Morgan fingerprint density at radius 2 is 2.15 bits per heavy atom. The maximum atomic E-state index is 12.1. The molecule has 20 heavy (non-hydrogen) atoms. The lowest BCUT2D eigenvalue weighted by Gasteiger charge is -2.10. The van der Waals surface area contributed by atoms with Crippen LogP contribution >= 0.6 is 11.3 Å². The number of nitriles is 1. The Bertz CT molecular complexity index is 600. The third kappa shape index (κ3) is 3.85. The summed E-state index contributed by atoms with van der Waals surface area (Å²) in [5, 5.41) is 12.4. The summed E-state index contributed by atoms with van der Waals surface area (Å²) in [5.74, 6) is -0.0595. The summed E-state index contributed by atoms with van der Waals surface area (Å²) in [7, 11) is -3.47. The lowest BCUT2D eigenvalue weighted by Crippen LogP contribution is -2.14. The van der Waals surface area contributed by atoms with Crippen LogP contribution in [0.3, 0.4) is 0 Å². The second-order valence-electron chi connectivity index (χ2n) is 4.36. The molecule has 0 aliphatic carbocycles. The lowest BCUT2D eigenvalue weighted by molar-refractivity contribution is 0.0871. The van der Waals surface area contributed by atoms with Crippen LogP contribution in [0.2, 0.25) is 0 Å². The first-order valence-electron chi connectivity index (χ1n) is 6.24. The van der Waals surface area contributed by atoms with E-state index in [-0.39, 0.29) is 27.3 Å². The molecule has 0 bridgehead atoms. The molecule has 1 heterocycles. The van der Waals surface area contributed by atoms with E-state index in [1.54, 1.807) is 6.92 Å². The average Bonchev–Trinajstić information content (AvgIpc) is 2.71. The van der Waals surface area contributed by atoms with Gasteiger partial charge < -0.3 is 15.8 Å². The molecule has 0 aliphatic heterocycles. The van der Waals surface area contributed by atoms with Gasteiger partial charge in [0.2, 0.25) is 0 Å². The minimum atomic E-state index is -3.47. The summed E-state index contributed by atoms with van der Waals surface area (Å²) >= 11 is 1.06. The number of hydrogen-bond acceptors (Lipinski definition) is 7. The number of anilines is 2. The number of hydrogen-bond donors (Lipinski definition) is 2. The van der Waals surface area contributed by atoms with Gasteiger partial charge in [-0.05, 0) is 13.8 Å². The van der Waals surface area contributed by atoms with E-state index in [1.165, 1.54) is 0 Å². The van der Waals surface area contributed by atoms with Crippen molar-refractivity contribution in [2.45, 2.75) is 31.8 Å². The number of thiophene rings is 1. The Hall–Kier alpha value is -1.30. The van der Waals surface area contributed by atoms with Crippen molar-refractivity contribution in [3.63, 3.8) is 0 Å². The molecular formula is C12H19N3O3S2. The van der Waals surface area contributed by atoms with Gasteiger partial charge in [0.25, 0.3) is 0 Å². The summed E-state index contributed by atoms with van der Waals surface area (Å²) in [6.07, 6.45) is 0.110. The number of nitrogens with two attached hydrogens (primary N) is 1. The Morgan fingerprint density at radius 1 is 1.50 bits per heavy atom. The maximum absolute atomic E-state index is 12.1. The van der Waals surface area contributed by atoms with E-state index in [2.05, 4.69) is 5.32 Å². The maximum Gasteiger partial charge on any atom is 0.183 e. The number of nitrogens with zero attached hydrogens (tertiary/aromatic N) is 1. The first kappa shape index (κ1) is 16.8. The van der Waals surface area contributed by atoms with Gasteiger partial charge in [0.1, 0.15) is 20.8 Å². The molecule has 0 amide bonds. The van der Waals surface area contributed by atoms with E-state index < -0.39 is 9.84 Å². The molecule has 1 aromatic heterocycles. The number of rotatable bonds is 7. The third-order valence-electron chi connectivity index (χ3n) is 2.53. The average molecular weight is 317 g/mol. The highest BCUT2D eigenvalue weighted by Crippen LogP contribution is 2.39. The first-order valence-corrected chi connectivity index (χ1v) is 8.71. The van der Waals surface area contributed by atoms with Gasteiger partial charge in [-0.25, -0.2) is 8.42 Å². The minimum Gasteiger partial charge on any atom is -0.396 e. The molecular weight excluding hydrogens is 298 g/mol. The van der Waals surface area contributed by atoms with Gasteiger partial charge in [-0.15, -0.1) is 11.3 Å². The molecule has 0 radical (unpaired) electrons. The molecule has 3 N–H and O–H groups in total. The van der Waals surface area contributed by atoms with E-state index in [0.29, 0.717) is 18.2 Å². The molecule has 0 aliphatic rings. The zero-order chi connectivity index (χ0) is 15.3. The van der Waals surface area contributed by atoms with Crippen LogP contribution in [-0.2, 0) is 14.6 Å². The van der Waals surface area contributed by atoms with Crippen molar-refractivity contribution in [3.8, 4) is 6.07 Å². The Kier molecular flexibility index (Phi) is 5.80. The zero-order valence-electron chi connectivity index (χ0n) is 11.8. The molecule has 0 atom stereocenters. The van der Waals surface area contributed by atoms with Crippen LogP contribution in [0.15, 0.2) is 4.90 Å². The van der Waals surface area contributed by atoms with Gasteiger partial charge in [-0.1, -0.05) is 6.92 Å². The van der Waals surface area contributed by atoms with Crippen LogP contribution in [0.4, 0.5) is 10.7 Å². The summed E-state index contributed by atoms with van der Waals surface area (Å²) in [4.78, 5) is 0.246. The zero-order valence-corrected chi connectivity index (χ0v) is 13.4. The van der Waals surface area contributed by atoms with Crippen LogP contribution in [0.1, 0.15) is 25.6 Å². The molecule has 1 rings (SSSR count). The van der Waals surface area contributed by atoms with Crippen molar-refractivity contribution in [3.05, 3.63) is 4.88 Å². The van der Waals surface area contributed by atoms with Crippen molar-refractivity contribution in [1.82, 2.24) is 0 Å². The Morgan fingerprint density at radius 3 is 2.65 bits per heavy atom. The minimum absolute atomic E-state index is 0.0334. The fourth-order valence-electron chi connectivity index (χ4n) is 1.54. The summed E-state index contributed by atoms with van der Waals surface area (Å²) in [6, 6.07) is 1.92. The smallest absolute Gasteiger partial charge is 0.183 e. The van der Waals surface area contributed by atoms with Crippen LogP contribution in [0.5, 0.6) is 0 Å². The number of nitrogens with one attached hydrogen (secondary N) is 1. The standard InChI is InChI=1S/C12H19N3O3S2/c1-4-20(16,17)11-10(14)9(7-13)19-12(11)15-5-6-18-8(2)3/h8,15H,4-6,14H2,1-3H3. The van der Waals surface area contributed by atoms with Crippen LogP contribution in [0, 0.1) is 11.3 Å². The Labute approximate surface area is 123 Å². The monoisotopic (exact) mass is 317 g/mol. The fraction of sp³-hybridized carbons (Fsp3) is 0.583. The summed E-state index contributed by atoms with van der Waals surface area (Å²) in [6.45, 7) is 6.29. The van der Waals surface area contributed by atoms with Gasteiger partial charge in [-0.3, -0.25) is 0 Å².